The molecule has 0 radical (unpaired) electrons. The zero-order valence-electron chi connectivity index (χ0n) is 10.8. The fourth-order valence-electron chi connectivity index (χ4n) is 1.67. The molecule has 0 spiro atoms. The van der Waals surface area contributed by atoms with E-state index in [1.165, 1.54) is 0 Å². The van der Waals surface area contributed by atoms with Crippen molar-refractivity contribution in [3.05, 3.63) is 23.4 Å². The topological polar surface area (TPSA) is 86.0 Å². The van der Waals surface area contributed by atoms with Gasteiger partial charge in [0.2, 0.25) is 0 Å². The number of nitrogens with one attached hydrogen (secondary N) is 1. The predicted octanol–water partition coefficient (Wildman–Crippen LogP) is 2.17. The largest absolute Gasteiger partial charge is 0.480 e. The second-order valence-corrected chi connectivity index (χ2v) is 4.63. The Kier molecular flexibility index (Phi) is 4.67. The maximum Gasteiger partial charge on any atom is 0.326 e. The van der Waals surface area contributed by atoms with E-state index in [4.69, 9.17) is 10.4 Å². The van der Waals surface area contributed by atoms with E-state index >= 15 is 0 Å². The molecular formula is C13H17N3O2. The first kappa shape index (κ1) is 14.0. The molecule has 5 heteroatoms. The molecule has 0 aromatic carbocycles. The molecule has 0 saturated heterocycles. The van der Waals surface area contributed by atoms with Crippen LogP contribution in [-0.2, 0) is 4.79 Å². The SMILES string of the molecule is Cc1ccnc(N[C@@H](CC(C)C)C(=O)O)c1C#N. The molecule has 2 N–H and O–H groups in total. The number of carboxylic acid groups (broad SMARTS) is 1. The molecule has 0 aliphatic heterocycles. The average molecular weight is 247 g/mol. The third-order valence-electron chi connectivity index (χ3n) is 2.59. The quantitative estimate of drug-likeness (QED) is 0.832. The number of aromatic nitrogens is 1. The Balaban J connectivity index is 2.98. The Bertz CT molecular complexity index is 478. The third kappa shape index (κ3) is 3.45. The lowest BCUT2D eigenvalue weighted by Gasteiger charge is -2.18. The van der Waals surface area contributed by atoms with Gasteiger partial charge in [-0.05, 0) is 30.9 Å². The summed E-state index contributed by atoms with van der Waals surface area (Å²) in [6.07, 6.45) is 2.04. The Morgan fingerprint density at radius 3 is 2.78 bits per heavy atom. The van der Waals surface area contributed by atoms with Crippen molar-refractivity contribution >= 4 is 11.8 Å². The summed E-state index contributed by atoms with van der Waals surface area (Å²) in [7, 11) is 0. The number of hydrogen-bond donors (Lipinski definition) is 2. The minimum absolute atomic E-state index is 0.244. The van der Waals surface area contributed by atoms with E-state index in [0.29, 0.717) is 17.8 Å². The summed E-state index contributed by atoms with van der Waals surface area (Å²) in [5.74, 6) is -0.351. The van der Waals surface area contributed by atoms with Gasteiger partial charge >= 0.3 is 5.97 Å². The van der Waals surface area contributed by atoms with Crippen molar-refractivity contribution in [1.82, 2.24) is 4.98 Å². The summed E-state index contributed by atoms with van der Waals surface area (Å²) in [5.41, 5.74) is 1.18. The van der Waals surface area contributed by atoms with Crippen molar-refractivity contribution in [2.24, 2.45) is 5.92 Å². The number of anilines is 1. The van der Waals surface area contributed by atoms with Gasteiger partial charge in [0.15, 0.2) is 0 Å². The van der Waals surface area contributed by atoms with Gasteiger partial charge in [-0.1, -0.05) is 13.8 Å². The summed E-state index contributed by atoms with van der Waals surface area (Å²) in [6, 6.07) is 3.04. The molecule has 0 fully saturated rings. The van der Waals surface area contributed by atoms with Gasteiger partial charge in [0.1, 0.15) is 17.9 Å². The molecule has 96 valence electrons. The molecule has 0 aliphatic carbocycles. The van der Waals surface area contributed by atoms with Gasteiger partial charge in [0.25, 0.3) is 0 Å². The monoisotopic (exact) mass is 247 g/mol. The maximum atomic E-state index is 11.2. The lowest BCUT2D eigenvalue weighted by atomic mass is 10.0. The third-order valence-corrected chi connectivity index (χ3v) is 2.59. The molecule has 1 atom stereocenters. The number of pyridine rings is 1. The molecule has 0 aliphatic rings. The van der Waals surface area contributed by atoms with E-state index in [1.54, 1.807) is 19.2 Å². The average Bonchev–Trinajstić information content (AvgIpc) is 2.27. The molecule has 0 saturated carbocycles. The van der Waals surface area contributed by atoms with E-state index in [2.05, 4.69) is 10.3 Å². The van der Waals surface area contributed by atoms with Gasteiger partial charge in [-0.15, -0.1) is 0 Å². The van der Waals surface area contributed by atoms with Crippen molar-refractivity contribution in [1.29, 1.82) is 5.26 Å². The number of carbonyl (C=O) groups is 1. The Labute approximate surface area is 106 Å². The van der Waals surface area contributed by atoms with Gasteiger partial charge < -0.3 is 10.4 Å². The first-order valence-corrected chi connectivity index (χ1v) is 5.80. The molecule has 1 aromatic rings. The number of aliphatic carboxylic acids is 1. The van der Waals surface area contributed by atoms with Gasteiger partial charge in [-0.25, -0.2) is 9.78 Å². The highest BCUT2D eigenvalue weighted by Gasteiger charge is 2.20. The van der Waals surface area contributed by atoms with E-state index in [1.807, 2.05) is 19.9 Å². The van der Waals surface area contributed by atoms with Crippen LogP contribution in [0.2, 0.25) is 0 Å². The van der Waals surface area contributed by atoms with Crippen molar-refractivity contribution < 1.29 is 9.90 Å². The molecular weight excluding hydrogens is 230 g/mol. The van der Waals surface area contributed by atoms with Crippen LogP contribution in [-0.4, -0.2) is 22.1 Å². The zero-order chi connectivity index (χ0) is 13.7. The number of nitriles is 1. The summed E-state index contributed by atoms with van der Waals surface area (Å²) in [6.45, 7) is 5.70. The lowest BCUT2D eigenvalue weighted by molar-refractivity contribution is -0.138. The predicted molar refractivity (Wildman–Crippen MR) is 68.2 cm³/mol. The molecule has 1 heterocycles. The number of carboxylic acids is 1. The van der Waals surface area contributed by atoms with Crippen LogP contribution in [0.5, 0.6) is 0 Å². The Morgan fingerprint density at radius 2 is 2.28 bits per heavy atom. The van der Waals surface area contributed by atoms with Crippen molar-refractivity contribution in [2.75, 3.05) is 5.32 Å². The normalized spacial score (nSPS) is 11.9. The van der Waals surface area contributed by atoms with Crippen LogP contribution in [0.25, 0.3) is 0 Å². The standard InChI is InChI=1S/C13H17N3O2/c1-8(2)6-11(13(17)18)16-12-10(7-14)9(3)4-5-15-12/h4-5,8,11H,6H2,1-3H3,(H,15,16)(H,17,18)/t11-/m0/s1. The highest BCUT2D eigenvalue weighted by molar-refractivity contribution is 5.77. The molecule has 18 heavy (non-hydrogen) atoms. The Hall–Kier alpha value is -2.09. The number of hydrogen-bond acceptors (Lipinski definition) is 4. The highest BCUT2D eigenvalue weighted by Crippen LogP contribution is 2.18. The second-order valence-electron chi connectivity index (χ2n) is 4.63. The molecule has 0 unspecified atom stereocenters. The van der Waals surface area contributed by atoms with Crippen LogP contribution < -0.4 is 5.32 Å². The van der Waals surface area contributed by atoms with Crippen molar-refractivity contribution in [3.63, 3.8) is 0 Å². The summed E-state index contributed by atoms with van der Waals surface area (Å²) < 4.78 is 0. The fourth-order valence-corrected chi connectivity index (χ4v) is 1.67. The van der Waals surface area contributed by atoms with E-state index < -0.39 is 12.0 Å². The maximum absolute atomic E-state index is 11.2. The minimum atomic E-state index is -0.934. The van der Waals surface area contributed by atoms with Crippen LogP contribution >= 0.6 is 0 Å². The Morgan fingerprint density at radius 1 is 1.61 bits per heavy atom. The van der Waals surface area contributed by atoms with Crippen molar-refractivity contribution in [3.8, 4) is 6.07 Å². The first-order chi connectivity index (χ1) is 8.45. The van der Waals surface area contributed by atoms with Gasteiger partial charge in [0.05, 0.1) is 5.56 Å². The number of aryl methyl sites for hydroxylation is 1. The smallest absolute Gasteiger partial charge is 0.326 e. The van der Waals surface area contributed by atoms with Gasteiger partial charge in [-0.2, -0.15) is 5.26 Å². The highest BCUT2D eigenvalue weighted by atomic mass is 16.4. The first-order valence-electron chi connectivity index (χ1n) is 5.80. The second kappa shape index (κ2) is 6.01. The van der Waals surface area contributed by atoms with Gasteiger partial charge in [-0.3, -0.25) is 0 Å². The number of nitrogens with zero attached hydrogens (tertiary/aromatic N) is 2. The van der Waals surface area contributed by atoms with Crippen LogP contribution in [0.3, 0.4) is 0 Å². The summed E-state index contributed by atoms with van der Waals surface area (Å²) >= 11 is 0. The minimum Gasteiger partial charge on any atom is -0.480 e. The van der Waals surface area contributed by atoms with Crippen LogP contribution in [0, 0.1) is 24.2 Å². The van der Waals surface area contributed by atoms with E-state index in [0.717, 1.165) is 5.56 Å². The zero-order valence-corrected chi connectivity index (χ0v) is 10.8. The molecule has 1 rings (SSSR count). The lowest BCUT2D eigenvalue weighted by Crippen LogP contribution is -2.31. The van der Waals surface area contributed by atoms with Crippen molar-refractivity contribution in [2.45, 2.75) is 33.2 Å². The summed E-state index contributed by atoms with van der Waals surface area (Å²) in [5, 5.41) is 21.0. The molecule has 5 nitrogen and oxygen atoms in total. The molecule has 0 amide bonds. The van der Waals surface area contributed by atoms with E-state index in [-0.39, 0.29) is 5.92 Å². The molecule has 0 bridgehead atoms. The van der Waals surface area contributed by atoms with Gasteiger partial charge in [0, 0.05) is 6.20 Å². The van der Waals surface area contributed by atoms with Crippen LogP contribution in [0.1, 0.15) is 31.4 Å². The summed E-state index contributed by atoms with van der Waals surface area (Å²) in [4.78, 5) is 15.2. The fraction of sp³-hybridized carbons (Fsp3) is 0.462. The number of rotatable bonds is 5. The van der Waals surface area contributed by atoms with Crippen LogP contribution in [0.15, 0.2) is 12.3 Å². The van der Waals surface area contributed by atoms with E-state index in [9.17, 15) is 4.79 Å². The van der Waals surface area contributed by atoms with Crippen LogP contribution in [0.4, 0.5) is 5.82 Å². The molecule has 1 aromatic heterocycles.